The minimum absolute atomic E-state index is 0.235. The lowest BCUT2D eigenvalue weighted by Gasteiger charge is -2.32. The summed E-state index contributed by atoms with van der Waals surface area (Å²) in [5, 5.41) is 4.91. The van der Waals surface area contributed by atoms with Crippen molar-refractivity contribution < 1.29 is 14.3 Å². The fraction of sp³-hybridized carbons (Fsp3) is 0.650. The van der Waals surface area contributed by atoms with Crippen LogP contribution in [0.15, 0.2) is 12.1 Å². The van der Waals surface area contributed by atoms with Crippen LogP contribution in [-0.4, -0.2) is 52.4 Å². The maximum absolute atomic E-state index is 11.9. The van der Waals surface area contributed by atoms with Crippen LogP contribution in [0, 0.1) is 12.8 Å². The number of rotatable bonds is 2. The predicted molar refractivity (Wildman–Crippen MR) is 101 cm³/mol. The number of aryl methyl sites for hydroxylation is 1. The van der Waals surface area contributed by atoms with Crippen LogP contribution in [0.2, 0.25) is 0 Å². The molecule has 7 nitrogen and oxygen atoms in total. The van der Waals surface area contributed by atoms with Crippen molar-refractivity contribution >= 4 is 11.7 Å². The zero-order valence-electron chi connectivity index (χ0n) is 16.4. The van der Waals surface area contributed by atoms with Crippen molar-refractivity contribution in [3.63, 3.8) is 0 Å². The molecule has 2 aromatic rings. The van der Waals surface area contributed by atoms with Gasteiger partial charge in [0.1, 0.15) is 6.10 Å². The van der Waals surface area contributed by atoms with Crippen LogP contribution in [0.5, 0.6) is 0 Å². The van der Waals surface area contributed by atoms with E-state index in [-0.39, 0.29) is 12.2 Å². The molecule has 2 aliphatic rings. The van der Waals surface area contributed by atoms with Gasteiger partial charge in [0, 0.05) is 24.2 Å². The molecule has 27 heavy (non-hydrogen) atoms. The molecular formula is C20H28N4O3. The lowest BCUT2D eigenvalue weighted by Crippen LogP contribution is -2.42. The quantitative estimate of drug-likeness (QED) is 0.807. The summed E-state index contributed by atoms with van der Waals surface area (Å²) in [6.45, 7) is 5.80. The Morgan fingerprint density at radius 2 is 2.04 bits per heavy atom. The van der Waals surface area contributed by atoms with Gasteiger partial charge in [-0.1, -0.05) is 19.8 Å². The number of ether oxygens (including phenoxy) is 2. The molecule has 2 aromatic heterocycles. The molecule has 7 heteroatoms. The van der Waals surface area contributed by atoms with Crippen LogP contribution in [0.25, 0.3) is 5.65 Å². The molecule has 0 N–H and O–H groups in total. The standard InChI is InChI=1S/C20H28N4O3/c1-13-4-6-15(7-5-13)16-11-19-21-14(2)10-17(24(19)22-16)18-12-23(8-9-27-18)20(25)26-3/h10-11,13,15,18H,4-9,12H2,1-3H3. The Morgan fingerprint density at radius 3 is 2.78 bits per heavy atom. The minimum Gasteiger partial charge on any atom is -0.453 e. The summed E-state index contributed by atoms with van der Waals surface area (Å²) in [5.41, 5.74) is 3.86. The monoisotopic (exact) mass is 372 g/mol. The van der Waals surface area contributed by atoms with Crippen LogP contribution >= 0.6 is 0 Å². The molecule has 0 spiro atoms. The average Bonchev–Trinajstić information content (AvgIpc) is 3.11. The SMILES string of the molecule is COC(=O)N1CCOC(c2cc(C)nc3cc(C4CCC(C)CC4)nn23)C1. The Bertz CT molecular complexity index is 826. The summed E-state index contributed by atoms with van der Waals surface area (Å²) < 4.78 is 12.8. The largest absolute Gasteiger partial charge is 0.453 e. The zero-order chi connectivity index (χ0) is 19.0. The number of carbonyl (C=O) groups excluding carboxylic acids is 1. The summed E-state index contributed by atoms with van der Waals surface area (Å²) >= 11 is 0. The Balaban J connectivity index is 1.65. The fourth-order valence-electron chi connectivity index (χ4n) is 4.25. The zero-order valence-corrected chi connectivity index (χ0v) is 16.4. The molecule has 1 aliphatic heterocycles. The number of hydrogen-bond acceptors (Lipinski definition) is 5. The van der Waals surface area contributed by atoms with Crippen LogP contribution in [-0.2, 0) is 9.47 Å². The number of amides is 1. The Labute approximate surface area is 159 Å². The van der Waals surface area contributed by atoms with Gasteiger partial charge in [0.15, 0.2) is 5.65 Å². The summed E-state index contributed by atoms with van der Waals surface area (Å²) in [7, 11) is 1.41. The van der Waals surface area contributed by atoms with Gasteiger partial charge < -0.3 is 14.4 Å². The molecule has 3 heterocycles. The number of hydrogen-bond donors (Lipinski definition) is 0. The molecule has 2 fully saturated rings. The number of fused-ring (bicyclic) bond motifs is 1. The van der Waals surface area contributed by atoms with Gasteiger partial charge in [-0.05, 0) is 31.7 Å². The summed E-state index contributed by atoms with van der Waals surface area (Å²) in [6, 6.07) is 4.14. The summed E-state index contributed by atoms with van der Waals surface area (Å²) in [5.74, 6) is 1.32. The molecule has 4 rings (SSSR count). The van der Waals surface area contributed by atoms with Gasteiger partial charge >= 0.3 is 6.09 Å². The van der Waals surface area contributed by atoms with Crippen LogP contribution in [0.3, 0.4) is 0 Å². The van der Waals surface area contributed by atoms with E-state index < -0.39 is 0 Å². The van der Waals surface area contributed by atoms with Crippen LogP contribution < -0.4 is 0 Å². The second kappa shape index (κ2) is 7.46. The molecule has 1 atom stereocenters. The number of methoxy groups -OCH3 is 1. The molecular weight excluding hydrogens is 344 g/mol. The van der Waals surface area contributed by atoms with E-state index in [4.69, 9.17) is 14.6 Å². The normalized spacial score (nSPS) is 26.3. The summed E-state index contributed by atoms with van der Waals surface area (Å²) in [6.07, 6.45) is 4.35. The average molecular weight is 372 g/mol. The first-order valence-electron chi connectivity index (χ1n) is 9.87. The minimum atomic E-state index is -0.317. The van der Waals surface area contributed by atoms with E-state index in [9.17, 15) is 4.79 Å². The van der Waals surface area contributed by atoms with Gasteiger partial charge in [-0.25, -0.2) is 14.3 Å². The van der Waals surface area contributed by atoms with Gasteiger partial charge in [-0.2, -0.15) is 5.10 Å². The molecule has 1 amide bonds. The smallest absolute Gasteiger partial charge is 0.409 e. The number of morpholine rings is 1. The van der Waals surface area contributed by atoms with E-state index in [1.54, 1.807) is 4.90 Å². The highest BCUT2D eigenvalue weighted by Gasteiger charge is 2.29. The molecule has 1 aliphatic carbocycles. The second-order valence-corrected chi connectivity index (χ2v) is 7.89. The van der Waals surface area contributed by atoms with Crippen LogP contribution in [0.4, 0.5) is 4.79 Å². The van der Waals surface area contributed by atoms with Crippen molar-refractivity contribution in [3.8, 4) is 0 Å². The highest BCUT2D eigenvalue weighted by Crippen LogP contribution is 2.35. The molecule has 146 valence electrons. The Kier molecular flexibility index (Phi) is 5.04. The van der Waals surface area contributed by atoms with E-state index in [2.05, 4.69) is 18.0 Å². The van der Waals surface area contributed by atoms with Crippen molar-refractivity contribution in [2.24, 2.45) is 5.92 Å². The van der Waals surface area contributed by atoms with E-state index in [0.717, 1.165) is 28.6 Å². The van der Waals surface area contributed by atoms with Crippen LogP contribution in [0.1, 0.15) is 61.7 Å². The number of carbonyl (C=O) groups is 1. The first-order chi connectivity index (χ1) is 13.0. The highest BCUT2D eigenvalue weighted by atomic mass is 16.5. The third kappa shape index (κ3) is 3.65. The van der Waals surface area contributed by atoms with Gasteiger partial charge in [-0.15, -0.1) is 0 Å². The van der Waals surface area contributed by atoms with E-state index in [1.165, 1.54) is 32.8 Å². The maximum atomic E-state index is 11.9. The van der Waals surface area contributed by atoms with Crippen molar-refractivity contribution in [2.75, 3.05) is 26.8 Å². The van der Waals surface area contributed by atoms with Gasteiger partial charge in [0.25, 0.3) is 0 Å². The topological polar surface area (TPSA) is 69.0 Å². The fourth-order valence-corrected chi connectivity index (χ4v) is 4.25. The third-order valence-electron chi connectivity index (χ3n) is 5.86. The van der Waals surface area contributed by atoms with Crippen molar-refractivity contribution in [1.82, 2.24) is 19.5 Å². The van der Waals surface area contributed by atoms with Gasteiger partial charge in [-0.3, -0.25) is 0 Å². The van der Waals surface area contributed by atoms with E-state index >= 15 is 0 Å². The van der Waals surface area contributed by atoms with E-state index in [0.29, 0.717) is 25.6 Å². The molecule has 0 radical (unpaired) electrons. The third-order valence-corrected chi connectivity index (χ3v) is 5.86. The predicted octanol–water partition coefficient (Wildman–Crippen LogP) is 3.47. The summed E-state index contributed by atoms with van der Waals surface area (Å²) in [4.78, 5) is 18.3. The van der Waals surface area contributed by atoms with Crippen molar-refractivity contribution in [3.05, 3.63) is 29.2 Å². The second-order valence-electron chi connectivity index (χ2n) is 7.89. The number of nitrogens with zero attached hydrogens (tertiary/aromatic N) is 4. The highest BCUT2D eigenvalue weighted by molar-refractivity contribution is 5.67. The molecule has 0 aromatic carbocycles. The lowest BCUT2D eigenvalue weighted by molar-refractivity contribution is -0.0287. The Morgan fingerprint density at radius 1 is 1.26 bits per heavy atom. The van der Waals surface area contributed by atoms with Gasteiger partial charge in [0.2, 0.25) is 0 Å². The molecule has 1 unspecified atom stereocenters. The van der Waals surface area contributed by atoms with Crippen molar-refractivity contribution in [1.29, 1.82) is 0 Å². The first kappa shape index (κ1) is 18.2. The van der Waals surface area contributed by atoms with Gasteiger partial charge in [0.05, 0.1) is 31.6 Å². The molecule has 0 bridgehead atoms. The molecule has 1 saturated carbocycles. The Hall–Kier alpha value is -2.15. The number of aromatic nitrogens is 3. The molecule has 1 saturated heterocycles. The van der Waals surface area contributed by atoms with E-state index in [1.807, 2.05) is 17.5 Å². The first-order valence-corrected chi connectivity index (χ1v) is 9.87. The lowest BCUT2D eigenvalue weighted by atomic mass is 9.81. The maximum Gasteiger partial charge on any atom is 0.409 e. The van der Waals surface area contributed by atoms with Crippen molar-refractivity contribution in [2.45, 2.75) is 51.6 Å².